The van der Waals surface area contributed by atoms with Gasteiger partial charge in [-0.3, -0.25) is 0 Å². The van der Waals surface area contributed by atoms with E-state index in [0.717, 1.165) is 5.56 Å². The van der Waals surface area contributed by atoms with Crippen molar-refractivity contribution in [2.45, 2.75) is 26.9 Å². The summed E-state index contributed by atoms with van der Waals surface area (Å²) in [4.78, 5) is 11.5. The summed E-state index contributed by atoms with van der Waals surface area (Å²) in [6.45, 7) is 5.53. The second-order valence-electron chi connectivity index (χ2n) is 3.54. The highest BCUT2D eigenvalue weighted by atomic mass is 16.5. The summed E-state index contributed by atoms with van der Waals surface area (Å²) in [6.07, 6.45) is -0.123. The predicted molar refractivity (Wildman–Crippen MR) is 56.1 cm³/mol. The summed E-state index contributed by atoms with van der Waals surface area (Å²) in [7, 11) is 0. The fraction of sp³-hybridized carbons (Fsp3) is 0.364. The van der Waals surface area contributed by atoms with E-state index in [1.807, 2.05) is 26.8 Å². The van der Waals surface area contributed by atoms with Crippen LogP contribution < -0.4 is 5.73 Å². The zero-order valence-electron chi connectivity index (χ0n) is 8.70. The number of anilines is 1. The lowest BCUT2D eigenvalue weighted by molar-refractivity contribution is 0.0379. The molecular formula is C11H15NO2. The van der Waals surface area contributed by atoms with Gasteiger partial charge in [-0.15, -0.1) is 0 Å². The minimum atomic E-state index is -0.360. The first-order valence-corrected chi connectivity index (χ1v) is 4.58. The van der Waals surface area contributed by atoms with Crippen molar-refractivity contribution in [1.82, 2.24) is 0 Å². The molecule has 0 unspecified atom stereocenters. The molecule has 0 bridgehead atoms. The van der Waals surface area contributed by atoms with Crippen molar-refractivity contribution < 1.29 is 9.53 Å². The van der Waals surface area contributed by atoms with E-state index in [4.69, 9.17) is 10.5 Å². The van der Waals surface area contributed by atoms with Crippen molar-refractivity contribution in [3.8, 4) is 0 Å². The molecule has 0 saturated carbocycles. The normalized spacial score (nSPS) is 10.3. The van der Waals surface area contributed by atoms with Crippen LogP contribution in [0.1, 0.15) is 29.8 Å². The molecule has 2 N–H and O–H groups in total. The Morgan fingerprint density at radius 3 is 2.64 bits per heavy atom. The zero-order chi connectivity index (χ0) is 10.7. The number of nitrogen functional groups attached to an aromatic ring is 1. The molecule has 1 aromatic carbocycles. The molecular weight excluding hydrogens is 178 g/mol. The molecule has 0 aromatic heterocycles. The number of aryl methyl sites for hydroxylation is 1. The van der Waals surface area contributed by atoms with Crippen LogP contribution in [0.15, 0.2) is 18.2 Å². The van der Waals surface area contributed by atoms with Gasteiger partial charge in [0.05, 0.1) is 11.7 Å². The summed E-state index contributed by atoms with van der Waals surface area (Å²) >= 11 is 0. The van der Waals surface area contributed by atoms with E-state index in [1.165, 1.54) is 0 Å². The topological polar surface area (TPSA) is 52.3 Å². The third kappa shape index (κ3) is 2.49. The molecule has 3 nitrogen and oxygen atoms in total. The molecule has 0 aliphatic rings. The third-order valence-electron chi connectivity index (χ3n) is 1.77. The minimum absolute atomic E-state index is 0.123. The van der Waals surface area contributed by atoms with Crippen LogP contribution in [0.2, 0.25) is 0 Å². The Labute approximate surface area is 83.9 Å². The number of esters is 1. The maximum absolute atomic E-state index is 11.5. The van der Waals surface area contributed by atoms with Gasteiger partial charge >= 0.3 is 5.97 Å². The van der Waals surface area contributed by atoms with Crippen LogP contribution in [-0.4, -0.2) is 12.1 Å². The van der Waals surface area contributed by atoms with E-state index >= 15 is 0 Å². The summed E-state index contributed by atoms with van der Waals surface area (Å²) in [6, 6.07) is 5.31. The van der Waals surface area contributed by atoms with Gasteiger partial charge in [0.25, 0.3) is 0 Å². The second kappa shape index (κ2) is 4.13. The van der Waals surface area contributed by atoms with Gasteiger partial charge in [-0.1, -0.05) is 11.6 Å². The highest BCUT2D eigenvalue weighted by molar-refractivity contribution is 5.95. The molecule has 1 rings (SSSR count). The van der Waals surface area contributed by atoms with E-state index in [-0.39, 0.29) is 12.1 Å². The molecule has 1 aromatic rings. The van der Waals surface area contributed by atoms with Crippen molar-refractivity contribution in [3.63, 3.8) is 0 Å². The number of nitrogens with two attached hydrogens (primary N) is 1. The SMILES string of the molecule is Cc1ccc(N)c(C(=O)OC(C)C)c1. The van der Waals surface area contributed by atoms with Crippen LogP contribution in [0, 0.1) is 6.92 Å². The maximum atomic E-state index is 11.5. The van der Waals surface area contributed by atoms with Crippen LogP contribution in [0.25, 0.3) is 0 Å². The lowest BCUT2D eigenvalue weighted by Crippen LogP contribution is -2.13. The fourth-order valence-corrected chi connectivity index (χ4v) is 1.12. The molecule has 0 amide bonds. The summed E-state index contributed by atoms with van der Waals surface area (Å²) < 4.78 is 5.05. The molecule has 3 heteroatoms. The summed E-state index contributed by atoms with van der Waals surface area (Å²) in [5.41, 5.74) is 7.56. The van der Waals surface area contributed by atoms with Gasteiger partial charge < -0.3 is 10.5 Å². The van der Waals surface area contributed by atoms with Crippen LogP contribution in [0.4, 0.5) is 5.69 Å². The highest BCUT2D eigenvalue weighted by Gasteiger charge is 2.12. The number of hydrogen-bond donors (Lipinski definition) is 1. The molecule has 0 aliphatic carbocycles. The zero-order valence-corrected chi connectivity index (χ0v) is 8.70. The second-order valence-corrected chi connectivity index (χ2v) is 3.54. The molecule has 0 saturated heterocycles. The van der Waals surface area contributed by atoms with Crippen molar-refractivity contribution in [1.29, 1.82) is 0 Å². The predicted octanol–water partition coefficient (Wildman–Crippen LogP) is 2.14. The average Bonchev–Trinajstić information content (AvgIpc) is 2.08. The van der Waals surface area contributed by atoms with E-state index in [0.29, 0.717) is 11.3 Å². The monoisotopic (exact) mass is 193 g/mol. The van der Waals surface area contributed by atoms with Crippen molar-refractivity contribution in [2.75, 3.05) is 5.73 Å². The van der Waals surface area contributed by atoms with Gasteiger partial charge in [0.2, 0.25) is 0 Å². The van der Waals surface area contributed by atoms with Crippen LogP contribution >= 0.6 is 0 Å². The lowest BCUT2D eigenvalue weighted by Gasteiger charge is -2.09. The Morgan fingerprint density at radius 2 is 2.07 bits per heavy atom. The number of ether oxygens (including phenoxy) is 1. The molecule has 0 atom stereocenters. The average molecular weight is 193 g/mol. The van der Waals surface area contributed by atoms with E-state index < -0.39 is 0 Å². The molecule has 76 valence electrons. The largest absolute Gasteiger partial charge is 0.459 e. The first kappa shape index (κ1) is 10.6. The maximum Gasteiger partial charge on any atom is 0.340 e. The standard InChI is InChI=1S/C11H15NO2/c1-7(2)14-11(13)9-6-8(3)4-5-10(9)12/h4-7H,12H2,1-3H3. The lowest BCUT2D eigenvalue weighted by atomic mass is 10.1. The molecule has 0 aliphatic heterocycles. The van der Waals surface area contributed by atoms with Crippen molar-refractivity contribution in [3.05, 3.63) is 29.3 Å². The number of hydrogen-bond acceptors (Lipinski definition) is 3. The molecule has 0 radical (unpaired) electrons. The van der Waals surface area contributed by atoms with Gasteiger partial charge in [-0.2, -0.15) is 0 Å². The quantitative estimate of drug-likeness (QED) is 0.578. The fourth-order valence-electron chi connectivity index (χ4n) is 1.12. The third-order valence-corrected chi connectivity index (χ3v) is 1.77. The van der Waals surface area contributed by atoms with Gasteiger partial charge in [-0.05, 0) is 32.9 Å². The van der Waals surface area contributed by atoms with Crippen LogP contribution in [0.3, 0.4) is 0 Å². The Balaban J connectivity index is 2.94. The first-order chi connectivity index (χ1) is 6.50. The molecule has 0 spiro atoms. The van der Waals surface area contributed by atoms with E-state index in [2.05, 4.69) is 0 Å². The minimum Gasteiger partial charge on any atom is -0.459 e. The number of carbonyl (C=O) groups is 1. The Morgan fingerprint density at radius 1 is 1.43 bits per heavy atom. The molecule has 14 heavy (non-hydrogen) atoms. The number of benzene rings is 1. The van der Waals surface area contributed by atoms with Gasteiger partial charge in [0.15, 0.2) is 0 Å². The van der Waals surface area contributed by atoms with E-state index in [9.17, 15) is 4.79 Å². The van der Waals surface area contributed by atoms with Crippen LogP contribution in [0.5, 0.6) is 0 Å². The molecule has 0 heterocycles. The van der Waals surface area contributed by atoms with Gasteiger partial charge in [-0.25, -0.2) is 4.79 Å². The summed E-state index contributed by atoms with van der Waals surface area (Å²) in [5.74, 6) is -0.360. The Kier molecular flexibility index (Phi) is 3.12. The van der Waals surface area contributed by atoms with Gasteiger partial charge in [0, 0.05) is 5.69 Å². The summed E-state index contributed by atoms with van der Waals surface area (Å²) in [5, 5.41) is 0. The number of carbonyl (C=O) groups excluding carboxylic acids is 1. The Hall–Kier alpha value is -1.51. The smallest absolute Gasteiger partial charge is 0.340 e. The number of rotatable bonds is 2. The van der Waals surface area contributed by atoms with Crippen LogP contribution in [-0.2, 0) is 4.74 Å². The molecule has 0 fully saturated rings. The van der Waals surface area contributed by atoms with E-state index in [1.54, 1.807) is 12.1 Å². The van der Waals surface area contributed by atoms with Crippen molar-refractivity contribution >= 4 is 11.7 Å². The first-order valence-electron chi connectivity index (χ1n) is 4.58. The van der Waals surface area contributed by atoms with Gasteiger partial charge in [0.1, 0.15) is 0 Å². The Bertz CT molecular complexity index is 345. The van der Waals surface area contributed by atoms with Crippen molar-refractivity contribution in [2.24, 2.45) is 0 Å². The highest BCUT2D eigenvalue weighted by Crippen LogP contribution is 2.15.